The van der Waals surface area contributed by atoms with Crippen LogP contribution in [-0.4, -0.2) is 18.3 Å². The van der Waals surface area contributed by atoms with Crippen molar-refractivity contribution >= 4 is 29.0 Å². The van der Waals surface area contributed by atoms with Crippen molar-refractivity contribution in [3.63, 3.8) is 0 Å². The molecule has 0 saturated carbocycles. The van der Waals surface area contributed by atoms with Crippen LogP contribution in [-0.2, 0) is 15.6 Å². The van der Waals surface area contributed by atoms with Crippen molar-refractivity contribution < 1.29 is 18.7 Å². The van der Waals surface area contributed by atoms with Crippen LogP contribution in [0, 0.1) is 12.7 Å². The van der Waals surface area contributed by atoms with Crippen LogP contribution in [0.2, 0.25) is 0 Å². The fourth-order valence-corrected chi connectivity index (χ4v) is 5.37. The minimum absolute atomic E-state index is 0.0115. The molecule has 6 heteroatoms. The van der Waals surface area contributed by atoms with Gasteiger partial charge in [-0.05, 0) is 94.4 Å². The molecular weight excluding hydrogens is 425 g/mol. The van der Waals surface area contributed by atoms with Gasteiger partial charge in [-0.3, -0.25) is 14.9 Å². The number of nitrogens with one attached hydrogen (secondary N) is 1. The van der Waals surface area contributed by atoms with Gasteiger partial charge in [0.15, 0.2) is 11.6 Å². The summed E-state index contributed by atoms with van der Waals surface area (Å²) in [5.74, 6) is -0.808. The van der Waals surface area contributed by atoms with Gasteiger partial charge in [0.1, 0.15) is 0 Å². The van der Waals surface area contributed by atoms with Crippen LogP contribution in [0.25, 0.3) is 17.2 Å². The number of methoxy groups -OCH3 is 1. The van der Waals surface area contributed by atoms with Gasteiger partial charge < -0.3 is 4.74 Å². The van der Waals surface area contributed by atoms with E-state index in [4.69, 9.17) is 4.74 Å². The van der Waals surface area contributed by atoms with Gasteiger partial charge in [0, 0.05) is 5.56 Å². The maximum atomic E-state index is 15.1. The Morgan fingerprint density at radius 3 is 2.19 bits per heavy atom. The largest absolute Gasteiger partial charge is 0.493 e. The molecule has 2 aromatic carbocycles. The minimum Gasteiger partial charge on any atom is -0.493 e. The van der Waals surface area contributed by atoms with Gasteiger partial charge in [0.25, 0.3) is 11.1 Å². The molecule has 0 aromatic heterocycles. The monoisotopic (exact) mass is 453 g/mol. The number of hydrogen-bond acceptors (Lipinski definition) is 4. The van der Waals surface area contributed by atoms with Crippen LogP contribution in [0.1, 0.15) is 62.8 Å². The highest BCUT2D eigenvalue weighted by Crippen LogP contribution is 2.48. The normalized spacial score (nSPS) is 20.3. The summed E-state index contributed by atoms with van der Waals surface area (Å²) in [5.41, 5.74) is 5.79. The molecule has 1 saturated heterocycles. The van der Waals surface area contributed by atoms with E-state index >= 15 is 4.39 Å². The first kappa shape index (κ1) is 22.6. The van der Waals surface area contributed by atoms with Crippen molar-refractivity contribution in [1.29, 1.82) is 0 Å². The molecule has 2 aliphatic rings. The third-order valence-electron chi connectivity index (χ3n) is 6.70. The predicted octanol–water partition coefficient (Wildman–Crippen LogP) is 6.48. The maximum absolute atomic E-state index is 15.1. The van der Waals surface area contributed by atoms with Gasteiger partial charge in [-0.1, -0.05) is 33.8 Å². The quantitative estimate of drug-likeness (QED) is 0.540. The number of rotatable bonds is 3. The summed E-state index contributed by atoms with van der Waals surface area (Å²) >= 11 is 0.815. The second-order valence-corrected chi connectivity index (χ2v) is 10.9. The molecule has 0 unspecified atom stereocenters. The highest BCUT2D eigenvalue weighted by Gasteiger charge is 2.37. The smallest absolute Gasteiger partial charge is 0.290 e. The first-order chi connectivity index (χ1) is 14.9. The number of amides is 2. The zero-order chi connectivity index (χ0) is 23.4. The second kappa shape index (κ2) is 7.77. The Morgan fingerprint density at radius 1 is 1.00 bits per heavy atom. The van der Waals surface area contributed by atoms with Crippen LogP contribution in [0.5, 0.6) is 5.75 Å². The van der Waals surface area contributed by atoms with E-state index in [1.165, 1.54) is 30.4 Å². The zero-order valence-electron chi connectivity index (χ0n) is 19.3. The van der Waals surface area contributed by atoms with Gasteiger partial charge in [-0.15, -0.1) is 0 Å². The number of fused-ring (bicyclic) bond motifs is 1. The summed E-state index contributed by atoms with van der Waals surface area (Å²) in [4.78, 5) is 23.7. The summed E-state index contributed by atoms with van der Waals surface area (Å²) in [7, 11) is 1.46. The molecule has 2 amide bonds. The Labute approximate surface area is 192 Å². The summed E-state index contributed by atoms with van der Waals surface area (Å²) in [6.07, 6.45) is 3.73. The number of carbonyl (C=O) groups is 2. The topological polar surface area (TPSA) is 55.4 Å². The van der Waals surface area contributed by atoms with Crippen LogP contribution >= 0.6 is 11.8 Å². The molecule has 0 spiro atoms. The number of hydrogen-bond donors (Lipinski definition) is 1. The third-order valence-corrected chi connectivity index (χ3v) is 7.51. The van der Waals surface area contributed by atoms with Crippen LogP contribution in [0.3, 0.4) is 0 Å². The highest BCUT2D eigenvalue weighted by molar-refractivity contribution is 8.18. The number of halogens is 1. The maximum Gasteiger partial charge on any atom is 0.290 e. The van der Waals surface area contributed by atoms with E-state index in [1.807, 2.05) is 13.0 Å². The first-order valence-electron chi connectivity index (χ1n) is 10.7. The lowest BCUT2D eigenvalue weighted by atomic mass is 9.62. The average molecular weight is 454 g/mol. The van der Waals surface area contributed by atoms with E-state index in [0.29, 0.717) is 11.1 Å². The molecule has 1 aliphatic heterocycles. The van der Waals surface area contributed by atoms with Crippen molar-refractivity contribution in [3.05, 3.63) is 57.2 Å². The Balaban J connectivity index is 1.92. The molecule has 1 N–H and O–H groups in total. The van der Waals surface area contributed by atoms with Crippen molar-refractivity contribution in [3.8, 4) is 16.9 Å². The van der Waals surface area contributed by atoms with E-state index in [0.717, 1.165) is 35.7 Å². The first-order valence-corrected chi connectivity index (χ1v) is 11.5. The van der Waals surface area contributed by atoms with Gasteiger partial charge in [-0.25, -0.2) is 4.39 Å². The van der Waals surface area contributed by atoms with E-state index in [2.05, 4.69) is 45.1 Å². The molecule has 0 radical (unpaired) electrons. The molecule has 1 heterocycles. The molecule has 4 rings (SSSR count). The average Bonchev–Trinajstić information content (AvgIpc) is 3.01. The number of carbonyl (C=O) groups excluding carboxylic acids is 2. The van der Waals surface area contributed by atoms with Crippen LogP contribution in [0.15, 0.2) is 29.2 Å². The number of benzene rings is 2. The lowest BCUT2D eigenvalue weighted by Crippen LogP contribution is -2.34. The van der Waals surface area contributed by atoms with E-state index in [1.54, 1.807) is 0 Å². The number of imide groups is 1. The van der Waals surface area contributed by atoms with Crippen molar-refractivity contribution in [2.24, 2.45) is 0 Å². The fourth-order valence-electron chi connectivity index (χ4n) is 4.69. The number of thioether (sulfide) groups is 1. The zero-order valence-corrected chi connectivity index (χ0v) is 20.1. The molecule has 2 aromatic rings. The second-order valence-electron chi connectivity index (χ2n) is 9.92. The molecule has 0 atom stereocenters. The molecule has 168 valence electrons. The standard InChI is InChI=1S/C26H28FNO3S/c1-14-9-18-19(26(4,5)8-7-25(18,2)3)13-16(14)17-10-15(11-20(27)22(17)31-6)12-21-23(29)28-24(30)32-21/h9-13H,7-8H2,1-6H3,(H,28,29,30)/b21-12+. The molecule has 1 fully saturated rings. The third kappa shape index (κ3) is 3.85. The molecule has 1 aliphatic carbocycles. The number of ether oxygens (including phenoxy) is 1. The van der Waals surface area contributed by atoms with Crippen molar-refractivity contribution in [1.82, 2.24) is 5.32 Å². The molecule has 32 heavy (non-hydrogen) atoms. The van der Waals surface area contributed by atoms with Gasteiger partial charge in [-0.2, -0.15) is 0 Å². The van der Waals surface area contributed by atoms with Gasteiger partial charge in [0.05, 0.1) is 12.0 Å². The predicted molar refractivity (Wildman–Crippen MR) is 128 cm³/mol. The van der Waals surface area contributed by atoms with E-state index in [9.17, 15) is 9.59 Å². The Kier molecular flexibility index (Phi) is 5.48. The molecular formula is C26H28FNO3S. The van der Waals surface area contributed by atoms with Gasteiger partial charge in [0.2, 0.25) is 0 Å². The molecule has 4 nitrogen and oxygen atoms in total. The van der Waals surface area contributed by atoms with Crippen LogP contribution < -0.4 is 10.1 Å². The van der Waals surface area contributed by atoms with E-state index < -0.39 is 17.0 Å². The van der Waals surface area contributed by atoms with Crippen LogP contribution in [0.4, 0.5) is 9.18 Å². The van der Waals surface area contributed by atoms with Crippen molar-refractivity contribution in [2.75, 3.05) is 7.11 Å². The van der Waals surface area contributed by atoms with E-state index in [-0.39, 0.29) is 21.5 Å². The lowest BCUT2D eigenvalue weighted by molar-refractivity contribution is -0.115. The summed E-state index contributed by atoms with van der Waals surface area (Å²) in [6.45, 7) is 11.1. The minimum atomic E-state index is -0.511. The summed E-state index contributed by atoms with van der Waals surface area (Å²) < 4.78 is 20.5. The lowest BCUT2D eigenvalue weighted by Gasteiger charge is -2.42. The number of aryl methyl sites for hydroxylation is 1. The van der Waals surface area contributed by atoms with Gasteiger partial charge >= 0.3 is 0 Å². The summed E-state index contributed by atoms with van der Waals surface area (Å²) in [5, 5.41) is 1.80. The summed E-state index contributed by atoms with van der Waals surface area (Å²) in [6, 6.07) is 7.56. The highest BCUT2D eigenvalue weighted by atomic mass is 32.2. The Bertz CT molecular complexity index is 1180. The Hall–Kier alpha value is -2.60. The fraction of sp³-hybridized carbons (Fsp3) is 0.385. The Morgan fingerprint density at radius 2 is 1.62 bits per heavy atom. The SMILES string of the molecule is COc1c(F)cc(/C=C2/SC(=O)NC2=O)cc1-c1cc2c(cc1C)C(C)(C)CCC2(C)C. The molecule has 0 bridgehead atoms. The van der Waals surface area contributed by atoms with Crippen molar-refractivity contribution in [2.45, 2.75) is 58.3 Å².